The number of aliphatic hydroxyl groups excluding tert-OH is 1. The number of aromatic nitrogens is 5. The average Bonchev–Trinajstić information content (AvgIpc) is 3.23. The number of nitrogens with one attached hydrogen (secondary N) is 3. The lowest BCUT2D eigenvalue weighted by Gasteiger charge is -2.04. The Hall–Kier alpha value is -2.98. The van der Waals surface area contributed by atoms with E-state index in [-0.39, 0.29) is 25.6 Å². The summed E-state index contributed by atoms with van der Waals surface area (Å²) in [5.74, 6) is 0.434. The largest absolute Gasteiger partial charge is 0.395 e. The van der Waals surface area contributed by atoms with Crippen LogP contribution in [0.15, 0.2) is 41.4 Å². The molecular formula is C17H16BrN7O2. The number of fused-ring (bicyclic) bond motifs is 3. The van der Waals surface area contributed by atoms with Gasteiger partial charge < -0.3 is 20.7 Å². The maximum Gasteiger partial charge on any atom is 0.241 e. The van der Waals surface area contributed by atoms with Crippen LogP contribution in [0.2, 0.25) is 0 Å². The van der Waals surface area contributed by atoms with Crippen LogP contribution in [-0.4, -0.2) is 48.9 Å². The van der Waals surface area contributed by atoms with Crippen LogP contribution < -0.4 is 10.6 Å². The standard InChI is InChI=1S/C17H16BrN7O2/c18-10-1-2-12-13(5-10)24-17-15(12)16(20-9-21-17)23-11-6-22-25(7-11)8-14(27)19-3-4-26/h1-2,5-7,9,26H,3-4,8H2,(H,19,27)(H2,20,21,23,24). The highest BCUT2D eigenvalue weighted by molar-refractivity contribution is 9.10. The van der Waals surface area contributed by atoms with Gasteiger partial charge in [-0.25, -0.2) is 9.97 Å². The summed E-state index contributed by atoms with van der Waals surface area (Å²) in [6, 6.07) is 5.96. The summed E-state index contributed by atoms with van der Waals surface area (Å²) in [4.78, 5) is 23.7. The molecule has 0 aliphatic heterocycles. The molecule has 0 bridgehead atoms. The Bertz CT molecular complexity index is 1120. The van der Waals surface area contributed by atoms with E-state index in [4.69, 9.17) is 5.11 Å². The minimum Gasteiger partial charge on any atom is -0.395 e. The van der Waals surface area contributed by atoms with Gasteiger partial charge in [0.25, 0.3) is 0 Å². The van der Waals surface area contributed by atoms with Gasteiger partial charge in [-0.1, -0.05) is 22.0 Å². The number of halogens is 1. The predicted molar refractivity (Wildman–Crippen MR) is 105 cm³/mol. The summed E-state index contributed by atoms with van der Waals surface area (Å²) in [7, 11) is 0. The minimum absolute atomic E-state index is 0.0714. The monoisotopic (exact) mass is 429 g/mol. The van der Waals surface area contributed by atoms with Gasteiger partial charge in [-0.3, -0.25) is 9.48 Å². The van der Waals surface area contributed by atoms with Crippen molar-refractivity contribution in [3.63, 3.8) is 0 Å². The number of hydrogen-bond donors (Lipinski definition) is 4. The second-order valence-electron chi connectivity index (χ2n) is 5.89. The number of hydrogen-bond acceptors (Lipinski definition) is 6. The number of H-pyrrole nitrogens is 1. The summed E-state index contributed by atoms with van der Waals surface area (Å²) < 4.78 is 2.49. The Labute approximate surface area is 161 Å². The van der Waals surface area contributed by atoms with Crippen LogP contribution in [0, 0.1) is 0 Å². The third-order valence-corrected chi connectivity index (χ3v) is 4.48. The molecule has 3 aromatic heterocycles. The fourth-order valence-corrected chi connectivity index (χ4v) is 3.21. The maximum atomic E-state index is 11.7. The van der Waals surface area contributed by atoms with E-state index in [0.717, 1.165) is 26.4 Å². The number of nitrogens with zero attached hydrogens (tertiary/aromatic N) is 4. The molecule has 4 aromatic rings. The van der Waals surface area contributed by atoms with Crippen LogP contribution in [0.4, 0.5) is 11.5 Å². The second-order valence-corrected chi connectivity index (χ2v) is 6.80. The molecule has 0 radical (unpaired) electrons. The zero-order valence-corrected chi connectivity index (χ0v) is 15.7. The van der Waals surface area contributed by atoms with E-state index in [2.05, 4.69) is 46.6 Å². The lowest BCUT2D eigenvalue weighted by atomic mass is 10.2. The van der Waals surface area contributed by atoms with Crippen molar-refractivity contribution in [3.8, 4) is 0 Å². The average molecular weight is 430 g/mol. The Kier molecular flexibility index (Phi) is 4.73. The number of aliphatic hydroxyl groups is 1. The molecule has 0 aliphatic rings. The molecule has 1 aromatic carbocycles. The first-order valence-electron chi connectivity index (χ1n) is 8.23. The lowest BCUT2D eigenvalue weighted by Crippen LogP contribution is -2.30. The van der Waals surface area contributed by atoms with Gasteiger partial charge in [0.05, 0.1) is 23.9 Å². The molecule has 27 heavy (non-hydrogen) atoms. The minimum atomic E-state index is -0.217. The van der Waals surface area contributed by atoms with E-state index in [1.807, 2.05) is 18.2 Å². The van der Waals surface area contributed by atoms with Crippen molar-refractivity contribution < 1.29 is 9.90 Å². The third-order valence-electron chi connectivity index (χ3n) is 3.99. The molecule has 10 heteroatoms. The molecule has 0 fully saturated rings. The molecule has 1 amide bonds. The first kappa shape index (κ1) is 17.4. The van der Waals surface area contributed by atoms with E-state index in [9.17, 15) is 4.79 Å². The molecule has 4 rings (SSSR count). The first-order valence-corrected chi connectivity index (χ1v) is 9.02. The molecule has 3 heterocycles. The molecule has 0 spiro atoms. The normalized spacial score (nSPS) is 11.2. The number of aromatic amines is 1. The molecule has 0 atom stereocenters. The van der Waals surface area contributed by atoms with Gasteiger partial charge in [0.15, 0.2) is 0 Å². The Morgan fingerprint density at radius 1 is 1.33 bits per heavy atom. The van der Waals surface area contributed by atoms with Crippen molar-refractivity contribution in [2.75, 3.05) is 18.5 Å². The molecule has 9 nitrogen and oxygen atoms in total. The van der Waals surface area contributed by atoms with E-state index >= 15 is 0 Å². The van der Waals surface area contributed by atoms with Crippen molar-refractivity contribution in [2.24, 2.45) is 0 Å². The highest BCUT2D eigenvalue weighted by Crippen LogP contribution is 2.31. The molecular weight excluding hydrogens is 414 g/mol. The van der Waals surface area contributed by atoms with Crippen molar-refractivity contribution in [3.05, 3.63) is 41.4 Å². The highest BCUT2D eigenvalue weighted by Gasteiger charge is 2.12. The van der Waals surface area contributed by atoms with Crippen molar-refractivity contribution in [1.82, 2.24) is 30.0 Å². The number of benzene rings is 1. The summed E-state index contributed by atoms with van der Waals surface area (Å²) in [6.45, 7) is 0.200. The molecule has 0 saturated heterocycles. The summed E-state index contributed by atoms with van der Waals surface area (Å²) >= 11 is 3.47. The molecule has 4 N–H and O–H groups in total. The van der Waals surface area contributed by atoms with Gasteiger partial charge in [-0.05, 0) is 12.1 Å². The van der Waals surface area contributed by atoms with Crippen LogP contribution in [0.3, 0.4) is 0 Å². The van der Waals surface area contributed by atoms with Crippen LogP contribution in [0.25, 0.3) is 21.9 Å². The van der Waals surface area contributed by atoms with E-state index < -0.39 is 0 Å². The topological polar surface area (TPSA) is 121 Å². The van der Waals surface area contributed by atoms with Crippen LogP contribution in [0.1, 0.15) is 0 Å². The smallest absolute Gasteiger partial charge is 0.241 e. The zero-order valence-electron chi connectivity index (χ0n) is 14.1. The van der Waals surface area contributed by atoms with Crippen LogP contribution >= 0.6 is 15.9 Å². The van der Waals surface area contributed by atoms with Gasteiger partial charge in [-0.15, -0.1) is 0 Å². The van der Waals surface area contributed by atoms with Gasteiger partial charge in [0.1, 0.15) is 24.3 Å². The Morgan fingerprint density at radius 2 is 2.22 bits per heavy atom. The first-order chi connectivity index (χ1) is 13.1. The Balaban J connectivity index is 1.61. The lowest BCUT2D eigenvalue weighted by molar-refractivity contribution is -0.122. The summed E-state index contributed by atoms with van der Waals surface area (Å²) in [6.07, 6.45) is 4.83. The highest BCUT2D eigenvalue weighted by atomic mass is 79.9. The summed E-state index contributed by atoms with van der Waals surface area (Å²) in [5, 5.41) is 20.6. The molecule has 138 valence electrons. The van der Waals surface area contributed by atoms with Gasteiger partial charge in [-0.2, -0.15) is 5.10 Å². The van der Waals surface area contributed by atoms with Gasteiger partial charge >= 0.3 is 0 Å². The summed E-state index contributed by atoms with van der Waals surface area (Å²) in [5.41, 5.74) is 2.40. The SMILES string of the molecule is O=C(Cn1cc(Nc2ncnc3[nH]c4cc(Br)ccc4c23)cn1)NCCO. The third kappa shape index (κ3) is 3.62. The maximum absolute atomic E-state index is 11.7. The number of rotatable bonds is 6. The van der Waals surface area contributed by atoms with E-state index in [1.165, 1.54) is 11.0 Å². The number of carbonyl (C=O) groups is 1. The molecule has 0 unspecified atom stereocenters. The fourth-order valence-electron chi connectivity index (χ4n) is 2.85. The zero-order chi connectivity index (χ0) is 18.8. The van der Waals surface area contributed by atoms with Gasteiger partial charge in [0.2, 0.25) is 5.91 Å². The van der Waals surface area contributed by atoms with Crippen molar-refractivity contribution in [1.29, 1.82) is 0 Å². The second kappa shape index (κ2) is 7.33. The van der Waals surface area contributed by atoms with E-state index in [0.29, 0.717) is 11.5 Å². The molecule has 0 aliphatic carbocycles. The van der Waals surface area contributed by atoms with Crippen molar-refractivity contribution >= 4 is 55.3 Å². The van der Waals surface area contributed by atoms with Crippen molar-refractivity contribution in [2.45, 2.75) is 6.54 Å². The van der Waals surface area contributed by atoms with Crippen LogP contribution in [0.5, 0.6) is 0 Å². The fraction of sp³-hybridized carbons (Fsp3) is 0.176. The number of carbonyl (C=O) groups excluding carboxylic acids is 1. The van der Waals surface area contributed by atoms with Gasteiger partial charge in [0, 0.05) is 28.1 Å². The Morgan fingerprint density at radius 3 is 3.07 bits per heavy atom. The quantitative estimate of drug-likeness (QED) is 0.371. The molecule has 0 saturated carbocycles. The number of amides is 1. The van der Waals surface area contributed by atoms with E-state index in [1.54, 1.807) is 12.4 Å². The van der Waals surface area contributed by atoms with Crippen LogP contribution in [-0.2, 0) is 11.3 Å². The predicted octanol–water partition coefficient (Wildman–Crippen LogP) is 1.92. The number of anilines is 2.